The van der Waals surface area contributed by atoms with Crippen LogP contribution in [0.4, 0.5) is 5.69 Å². The van der Waals surface area contributed by atoms with Crippen LogP contribution in [0.25, 0.3) is 0 Å². The highest BCUT2D eigenvalue weighted by Crippen LogP contribution is 2.22. The fourth-order valence-electron chi connectivity index (χ4n) is 2.96. The Morgan fingerprint density at radius 2 is 1.81 bits per heavy atom. The van der Waals surface area contributed by atoms with Gasteiger partial charge in [0.2, 0.25) is 0 Å². The van der Waals surface area contributed by atoms with E-state index in [0.717, 1.165) is 24.8 Å². The van der Waals surface area contributed by atoms with Crippen molar-refractivity contribution in [1.82, 2.24) is 5.32 Å². The van der Waals surface area contributed by atoms with Gasteiger partial charge in [-0.05, 0) is 30.4 Å². The molecule has 1 N–H and O–H groups in total. The molecule has 0 spiro atoms. The highest BCUT2D eigenvalue weighted by atomic mass is 16.6. The third-order valence-corrected chi connectivity index (χ3v) is 4.12. The Bertz CT molecular complexity index is 655. The molecule has 21 heavy (non-hydrogen) atoms. The molecule has 0 bridgehead atoms. The predicted molar refractivity (Wildman–Crippen MR) is 82.2 cm³/mol. The van der Waals surface area contributed by atoms with E-state index < -0.39 is 0 Å². The van der Waals surface area contributed by atoms with Crippen molar-refractivity contribution in [2.24, 2.45) is 0 Å². The van der Waals surface area contributed by atoms with Crippen molar-refractivity contribution in [3.05, 3.63) is 75.3 Å². The lowest BCUT2D eigenvalue weighted by Gasteiger charge is -2.25. The van der Waals surface area contributed by atoms with Gasteiger partial charge in [-0.1, -0.05) is 42.5 Å². The van der Waals surface area contributed by atoms with Gasteiger partial charge in [-0.2, -0.15) is 0 Å². The molecule has 2 aromatic rings. The zero-order valence-electron chi connectivity index (χ0n) is 11.8. The molecule has 4 heteroatoms. The minimum Gasteiger partial charge on any atom is -0.309 e. The maximum atomic E-state index is 11.0. The van der Waals surface area contributed by atoms with E-state index in [1.54, 1.807) is 12.1 Å². The Hall–Kier alpha value is -2.20. The van der Waals surface area contributed by atoms with Gasteiger partial charge in [0.05, 0.1) is 4.92 Å². The molecule has 1 unspecified atom stereocenters. The lowest BCUT2D eigenvalue weighted by atomic mass is 9.88. The lowest BCUT2D eigenvalue weighted by molar-refractivity contribution is -0.385. The summed E-state index contributed by atoms with van der Waals surface area (Å²) in [6.45, 7) is 0.546. The number of nitro groups is 1. The first-order chi connectivity index (χ1) is 10.2. The summed E-state index contributed by atoms with van der Waals surface area (Å²) in [4.78, 5) is 10.7. The number of para-hydroxylation sites is 1. The van der Waals surface area contributed by atoms with E-state index in [2.05, 4.69) is 29.6 Å². The van der Waals surface area contributed by atoms with Crippen LogP contribution < -0.4 is 5.32 Å². The van der Waals surface area contributed by atoms with E-state index in [4.69, 9.17) is 0 Å². The summed E-state index contributed by atoms with van der Waals surface area (Å²) in [6.07, 6.45) is 3.15. The van der Waals surface area contributed by atoms with Gasteiger partial charge in [0.25, 0.3) is 5.69 Å². The second-order valence-corrected chi connectivity index (χ2v) is 5.48. The van der Waals surface area contributed by atoms with Gasteiger partial charge in [0.1, 0.15) is 0 Å². The Morgan fingerprint density at radius 3 is 2.62 bits per heavy atom. The second-order valence-electron chi connectivity index (χ2n) is 5.48. The molecule has 3 rings (SSSR count). The number of hydrogen-bond donors (Lipinski definition) is 1. The molecule has 108 valence electrons. The third kappa shape index (κ3) is 3.11. The number of nitrogens with zero attached hydrogens (tertiary/aromatic N) is 1. The molecule has 1 aliphatic rings. The van der Waals surface area contributed by atoms with Gasteiger partial charge in [-0.25, -0.2) is 0 Å². The molecule has 0 amide bonds. The van der Waals surface area contributed by atoms with Crippen LogP contribution >= 0.6 is 0 Å². The quantitative estimate of drug-likeness (QED) is 0.692. The van der Waals surface area contributed by atoms with E-state index in [0.29, 0.717) is 12.6 Å². The first-order valence-corrected chi connectivity index (χ1v) is 7.26. The van der Waals surface area contributed by atoms with Crippen molar-refractivity contribution in [2.45, 2.75) is 31.8 Å². The predicted octanol–water partition coefficient (Wildman–Crippen LogP) is 3.24. The number of benzene rings is 2. The van der Waals surface area contributed by atoms with E-state index in [-0.39, 0.29) is 10.6 Å². The zero-order valence-corrected chi connectivity index (χ0v) is 11.8. The molecular weight excluding hydrogens is 264 g/mol. The van der Waals surface area contributed by atoms with Gasteiger partial charge in [-0.15, -0.1) is 0 Å². The second kappa shape index (κ2) is 6.06. The van der Waals surface area contributed by atoms with Crippen molar-refractivity contribution in [3.8, 4) is 0 Å². The van der Waals surface area contributed by atoms with Crippen LogP contribution in [0.2, 0.25) is 0 Å². The number of fused-ring (bicyclic) bond motifs is 1. The number of rotatable bonds is 4. The van der Waals surface area contributed by atoms with E-state index >= 15 is 0 Å². The molecule has 0 fully saturated rings. The maximum absolute atomic E-state index is 11.0. The van der Waals surface area contributed by atoms with Crippen molar-refractivity contribution in [1.29, 1.82) is 0 Å². The van der Waals surface area contributed by atoms with Gasteiger partial charge >= 0.3 is 0 Å². The summed E-state index contributed by atoms with van der Waals surface area (Å²) in [5, 5.41) is 14.5. The van der Waals surface area contributed by atoms with Crippen LogP contribution in [0.5, 0.6) is 0 Å². The standard InChI is InChI=1S/C17H18N2O2/c20-19(21)17-8-4-3-7-15(17)12-18-16-10-9-13-5-1-2-6-14(13)11-16/h1-8,16,18H,9-12H2. The molecule has 0 saturated carbocycles. The summed E-state index contributed by atoms with van der Waals surface area (Å²) < 4.78 is 0. The molecule has 1 atom stereocenters. The normalized spacial score (nSPS) is 17.2. The average Bonchev–Trinajstić information content (AvgIpc) is 2.53. The van der Waals surface area contributed by atoms with Gasteiger partial charge in [0.15, 0.2) is 0 Å². The Labute approximate surface area is 124 Å². The number of hydrogen-bond acceptors (Lipinski definition) is 3. The molecule has 0 aromatic heterocycles. The van der Waals surface area contributed by atoms with Crippen molar-refractivity contribution in [3.63, 3.8) is 0 Å². The monoisotopic (exact) mass is 282 g/mol. The van der Waals surface area contributed by atoms with Crippen LogP contribution in [-0.4, -0.2) is 11.0 Å². The maximum Gasteiger partial charge on any atom is 0.273 e. The van der Waals surface area contributed by atoms with Crippen molar-refractivity contribution >= 4 is 5.69 Å². The van der Waals surface area contributed by atoms with Gasteiger partial charge < -0.3 is 5.32 Å². The first kappa shape index (κ1) is 13.8. The number of nitro benzene ring substituents is 1. The largest absolute Gasteiger partial charge is 0.309 e. The molecular formula is C17H18N2O2. The molecule has 0 aliphatic heterocycles. The summed E-state index contributed by atoms with van der Waals surface area (Å²) in [5.41, 5.74) is 3.77. The Morgan fingerprint density at radius 1 is 1.10 bits per heavy atom. The minimum atomic E-state index is -0.312. The lowest BCUT2D eigenvalue weighted by Crippen LogP contribution is -2.34. The smallest absolute Gasteiger partial charge is 0.273 e. The highest BCUT2D eigenvalue weighted by molar-refractivity contribution is 5.39. The van der Waals surface area contributed by atoms with Crippen LogP contribution in [0, 0.1) is 10.1 Å². The van der Waals surface area contributed by atoms with Gasteiger partial charge in [-0.3, -0.25) is 10.1 Å². The van der Waals surface area contributed by atoms with Gasteiger partial charge in [0, 0.05) is 24.2 Å². The zero-order chi connectivity index (χ0) is 14.7. The molecule has 2 aromatic carbocycles. The number of aryl methyl sites for hydroxylation is 1. The summed E-state index contributed by atoms with van der Waals surface area (Å²) in [6, 6.07) is 15.8. The van der Waals surface area contributed by atoms with Crippen LogP contribution in [0.15, 0.2) is 48.5 Å². The molecule has 0 radical (unpaired) electrons. The molecule has 0 heterocycles. The molecule has 1 aliphatic carbocycles. The molecule has 0 saturated heterocycles. The third-order valence-electron chi connectivity index (χ3n) is 4.12. The first-order valence-electron chi connectivity index (χ1n) is 7.26. The van der Waals surface area contributed by atoms with E-state index in [1.165, 1.54) is 11.1 Å². The number of nitrogens with one attached hydrogen (secondary N) is 1. The fraction of sp³-hybridized carbons (Fsp3) is 0.294. The summed E-state index contributed by atoms with van der Waals surface area (Å²) in [5.74, 6) is 0. The van der Waals surface area contributed by atoms with Crippen molar-refractivity contribution in [2.75, 3.05) is 0 Å². The van der Waals surface area contributed by atoms with Crippen LogP contribution in [0.1, 0.15) is 23.1 Å². The van der Waals surface area contributed by atoms with E-state index in [1.807, 2.05) is 12.1 Å². The molecule has 4 nitrogen and oxygen atoms in total. The highest BCUT2D eigenvalue weighted by Gasteiger charge is 2.19. The van der Waals surface area contributed by atoms with Crippen LogP contribution in [-0.2, 0) is 19.4 Å². The average molecular weight is 282 g/mol. The van der Waals surface area contributed by atoms with Crippen LogP contribution in [0.3, 0.4) is 0 Å². The Balaban J connectivity index is 1.66. The Kier molecular flexibility index (Phi) is 3.97. The topological polar surface area (TPSA) is 55.2 Å². The fourth-order valence-corrected chi connectivity index (χ4v) is 2.96. The summed E-state index contributed by atoms with van der Waals surface area (Å²) in [7, 11) is 0. The summed E-state index contributed by atoms with van der Waals surface area (Å²) >= 11 is 0. The SMILES string of the molecule is O=[N+]([O-])c1ccccc1CNC1CCc2ccccc2C1. The van der Waals surface area contributed by atoms with Crippen molar-refractivity contribution < 1.29 is 4.92 Å². The minimum absolute atomic E-state index is 0.196. The van der Waals surface area contributed by atoms with E-state index in [9.17, 15) is 10.1 Å².